The van der Waals surface area contributed by atoms with Gasteiger partial charge < -0.3 is 30.6 Å². The molecule has 4 N–H and O–H groups in total. The van der Waals surface area contributed by atoms with Gasteiger partial charge in [0.1, 0.15) is 5.60 Å². The van der Waals surface area contributed by atoms with Crippen LogP contribution in [0.25, 0.3) is 11.4 Å². The summed E-state index contributed by atoms with van der Waals surface area (Å²) in [6.07, 6.45) is 1.73. The summed E-state index contributed by atoms with van der Waals surface area (Å²) in [7, 11) is 0. The molecule has 1 aliphatic rings. The van der Waals surface area contributed by atoms with Gasteiger partial charge in [0.25, 0.3) is 0 Å². The summed E-state index contributed by atoms with van der Waals surface area (Å²) in [5, 5.41) is 15.9. The summed E-state index contributed by atoms with van der Waals surface area (Å²) in [4.78, 5) is 18.7. The molecule has 1 aromatic heterocycles. The molecule has 2 aromatic rings. The number of ether oxygens (including phenoxy) is 1. The second-order valence-electron chi connectivity index (χ2n) is 9.77. The topological polar surface area (TPSA) is 130 Å². The lowest BCUT2D eigenvalue weighted by atomic mass is 9.97. The van der Waals surface area contributed by atoms with Crippen LogP contribution in [0.3, 0.4) is 0 Å². The third-order valence-corrected chi connectivity index (χ3v) is 5.38. The zero-order valence-electron chi connectivity index (χ0n) is 20.3. The number of rotatable bonds is 7. The van der Waals surface area contributed by atoms with Crippen LogP contribution in [0, 0.1) is 5.41 Å². The number of anilines is 1. The molecule has 2 heterocycles. The molecule has 0 aliphatic carbocycles. The number of nitrogens with two attached hydrogens (primary N) is 1. The summed E-state index contributed by atoms with van der Waals surface area (Å²) in [5.41, 5.74) is 8.15. The monoisotopic (exact) mass is 456 g/mol. The van der Waals surface area contributed by atoms with E-state index in [9.17, 15) is 4.79 Å². The molecule has 0 atom stereocenters. The molecule has 1 aliphatic heterocycles. The first-order valence-corrected chi connectivity index (χ1v) is 11.6. The molecular weight excluding hydrogens is 420 g/mol. The van der Waals surface area contributed by atoms with E-state index in [0.717, 1.165) is 29.7 Å². The molecule has 9 heteroatoms. The van der Waals surface area contributed by atoms with Crippen LogP contribution in [0.4, 0.5) is 10.5 Å². The Morgan fingerprint density at radius 3 is 2.64 bits per heavy atom. The number of benzene rings is 1. The van der Waals surface area contributed by atoms with Crippen LogP contribution < -0.4 is 11.1 Å². The Morgan fingerprint density at radius 2 is 2.03 bits per heavy atom. The number of hydrogen-bond donors (Lipinski definition) is 3. The summed E-state index contributed by atoms with van der Waals surface area (Å²) < 4.78 is 11.1. The standard InChI is InChI=1S/C24H36N6O3/c1-15(2)27-20-14-17(6-7-18(20)19(26)8-11-25)21-28-22(33-29-21)16-9-12-30(13-10-16)23(31)32-24(3,4)5/h6-7,14-16,26-27H,8-13,25H2,1-5H3. The van der Waals surface area contributed by atoms with Crippen LogP contribution in [-0.4, -0.2) is 58.1 Å². The van der Waals surface area contributed by atoms with E-state index < -0.39 is 5.60 Å². The molecule has 33 heavy (non-hydrogen) atoms. The van der Waals surface area contributed by atoms with Crippen molar-refractivity contribution in [2.75, 3.05) is 25.0 Å². The predicted molar refractivity (Wildman–Crippen MR) is 129 cm³/mol. The Labute approximate surface area is 195 Å². The molecule has 0 radical (unpaired) electrons. The Hall–Kier alpha value is -2.94. The molecule has 0 bridgehead atoms. The van der Waals surface area contributed by atoms with Crippen LogP contribution in [0.15, 0.2) is 22.7 Å². The van der Waals surface area contributed by atoms with Gasteiger partial charge >= 0.3 is 6.09 Å². The molecule has 180 valence electrons. The van der Waals surface area contributed by atoms with Gasteiger partial charge in [0, 0.05) is 54.0 Å². The van der Waals surface area contributed by atoms with E-state index in [0.29, 0.717) is 43.5 Å². The van der Waals surface area contributed by atoms with Gasteiger partial charge in [0.15, 0.2) is 0 Å². The average molecular weight is 457 g/mol. The number of likely N-dealkylation sites (tertiary alicyclic amines) is 1. The number of carbonyl (C=O) groups excluding carboxylic acids is 1. The van der Waals surface area contributed by atoms with Crippen LogP contribution in [0.1, 0.15) is 71.3 Å². The first kappa shape index (κ1) is 24.7. The molecule has 0 spiro atoms. The lowest BCUT2D eigenvalue weighted by Crippen LogP contribution is -2.41. The van der Waals surface area contributed by atoms with Crippen molar-refractivity contribution in [1.29, 1.82) is 5.41 Å². The molecule has 1 fully saturated rings. The molecule has 0 unspecified atom stereocenters. The predicted octanol–water partition coefficient (Wildman–Crippen LogP) is 4.39. The van der Waals surface area contributed by atoms with E-state index in [1.807, 2.05) is 39.0 Å². The highest BCUT2D eigenvalue weighted by molar-refractivity contribution is 6.03. The third-order valence-electron chi connectivity index (χ3n) is 5.38. The van der Waals surface area contributed by atoms with Gasteiger partial charge in [-0.1, -0.05) is 17.3 Å². The van der Waals surface area contributed by atoms with Crippen molar-refractivity contribution < 1.29 is 14.1 Å². The highest BCUT2D eigenvalue weighted by Gasteiger charge is 2.30. The first-order chi connectivity index (χ1) is 15.6. The summed E-state index contributed by atoms with van der Waals surface area (Å²) in [6.45, 7) is 11.3. The van der Waals surface area contributed by atoms with Crippen molar-refractivity contribution in [3.05, 3.63) is 29.7 Å². The number of aromatic nitrogens is 2. The van der Waals surface area contributed by atoms with Gasteiger partial charge in [-0.2, -0.15) is 4.98 Å². The van der Waals surface area contributed by atoms with Crippen LogP contribution >= 0.6 is 0 Å². The van der Waals surface area contributed by atoms with E-state index in [1.54, 1.807) is 4.90 Å². The lowest BCUT2D eigenvalue weighted by Gasteiger charge is -2.32. The second kappa shape index (κ2) is 10.3. The first-order valence-electron chi connectivity index (χ1n) is 11.6. The maximum Gasteiger partial charge on any atom is 0.410 e. The Kier molecular flexibility index (Phi) is 7.73. The molecule has 3 rings (SSSR count). The lowest BCUT2D eigenvalue weighted by molar-refractivity contribution is 0.0198. The van der Waals surface area contributed by atoms with E-state index in [1.165, 1.54) is 0 Å². The second-order valence-corrected chi connectivity index (χ2v) is 9.77. The molecule has 9 nitrogen and oxygen atoms in total. The summed E-state index contributed by atoms with van der Waals surface area (Å²) in [6, 6.07) is 5.99. The van der Waals surface area contributed by atoms with Crippen molar-refractivity contribution in [2.45, 2.75) is 71.4 Å². The fourth-order valence-electron chi connectivity index (χ4n) is 3.81. The largest absolute Gasteiger partial charge is 0.444 e. The van der Waals surface area contributed by atoms with E-state index >= 15 is 0 Å². The SMILES string of the molecule is CC(C)Nc1cc(-c2noc(C3CCN(C(=O)OC(C)(C)C)CC3)n2)ccc1C(=N)CCN. The maximum atomic E-state index is 12.3. The van der Waals surface area contributed by atoms with Gasteiger partial charge in [0.05, 0.1) is 0 Å². The molecule has 1 amide bonds. The quantitative estimate of drug-likeness (QED) is 0.527. The van der Waals surface area contributed by atoms with Gasteiger partial charge in [-0.05, 0) is 60.1 Å². The minimum absolute atomic E-state index is 0.107. The Balaban J connectivity index is 1.71. The van der Waals surface area contributed by atoms with Crippen LogP contribution in [0.5, 0.6) is 0 Å². The molecular formula is C24H36N6O3. The van der Waals surface area contributed by atoms with Gasteiger partial charge in [-0.15, -0.1) is 0 Å². The number of nitrogens with one attached hydrogen (secondary N) is 2. The van der Waals surface area contributed by atoms with Crippen molar-refractivity contribution in [2.24, 2.45) is 5.73 Å². The minimum Gasteiger partial charge on any atom is -0.444 e. The molecule has 1 saturated heterocycles. The number of hydrogen-bond acceptors (Lipinski definition) is 8. The molecule has 1 aromatic carbocycles. The highest BCUT2D eigenvalue weighted by Crippen LogP contribution is 2.31. The number of carbonyl (C=O) groups is 1. The van der Waals surface area contributed by atoms with Crippen molar-refractivity contribution >= 4 is 17.5 Å². The van der Waals surface area contributed by atoms with Crippen LogP contribution in [0.2, 0.25) is 0 Å². The Bertz CT molecular complexity index is 971. The van der Waals surface area contributed by atoms with Gasteiger partial charge in [-0.3, -0.25) is 0 Å². The number of nitrogens with zero attached hydrogens (tertiary/aromatic N) is 3. The molecule has 0 saturated carbocycles. The third kappa shape index (κ3) is 6.54. The van der Waals surface area contributed by atoms with Crippen molar-refractivity contribution in [3.63, 3.8) is 0 Å². The zero-order chi connectivity index (χ0) is 24.2. The van der Waals surface area contributed by atoms with Crippen molar-refractivity contribution in [3.8, 4) is 11.4 Å². The normalized spacial score (nSPS) is 15.1. The van der Waals surface area contributed by atoms with Gasteiger partial charge in [0.2, 0.25) is 11.7 Å². The fourth-order valence-corrected chi connectivity index (χ4v) is 3.81. The van der Waals surface area contributed by atoms with E-state index in [-0.39, 0.29) is 18.1 Å². The van der Waals surface area contributed by atoms with Gasteiger partial charge in [-0.25, -0.2) is 4.79 Å². The maximum absolute atomic E-state index is 12.3. The smallest absolute Gasteiger partial charge is 0.410 e. The fraction of sp³-hybridized carbons (Fsp3) is 0.583. The zero-order valence-corrected chi connectivity index (χ0v) is 20.3. The summed E-state index contributed by atoms with van der Waals surface area (Å²) >= 11 is 0. The Morgan fingerprint density at radius 1 is 1.33 bits per heavy atom. The van der Waals surface area contributed by atoms with Crippen molar-refractivity contribution in [1.82, 2.24) is 15.0 Å². The highest BCUT2D eigenvalue weighted by atomic mass is 16.6. The minimum atomic E-state index is -0.503. The van der Waals surface area contributed by atoms with E-state index in [2.05, 4.69) is 29.3 Å². The van der Waals surface area contributed by atoms with Crippen LogP contribution in [-0.2, 0) is 4.74 Å². The summed E-state index contributed by atoms with van der Waals surface area (Å²) in [5.74, 6) is 1.21. The number of amides is 1. The average Bonchev–Trinajstić information content (AvgIpc) is 3.22. The van der Waals surface area contributed by atoms with E-state index in [4.69, 9.17) is 20.4 Å². The number of piperidine rings is 1.